The summed E-state index contributed by atoms with van der Waals surface area (Å²) in [6.45, 7) is 8.17. The third-order valence-electron chi connectivity index (χ3n) is 3.90. The lowest BCUT2D eigenvalue weighted by Gasteiger charge is -2.14. The number of hydrogen-bond donors (Lipinski definition) is 3. The molecule has 150 valence electrons. The Morgan fingerprint density at radius 3 is 2.71 bits per heavy atom. The molecule has 3 N–H and O–H groups in total. The minimum Gasteiger partial charge on any atom is -0.383 e. The van der Waals surface area contributed by atoms with Gasteiger partial charge >= 0.3 is 0 Å². The molecule has 1 aromatic heterocycles. The number of nitrogens with zero attached hydrogens (tertiary/aromatic N) is 3. The minimum atomic E-state index is 0.0537. The number of hydrogen-bond acceptors (Lipinski definition) is 6. The fourth-order valence-electron chi connectivity index (χ4n) is 2.46. The fourth-order valence-corrected chi connectivity index (χ4v) is 2.46. The number of hydrazine groups is 1. The summed E-state index contributed by atoms with van der Waals surface area (Å²) in [5.74, 6) is 1.97. The van der Waals surface area contributed by atoms with E-state index in [1.807, 2.05) is 62.4 Å². The lowest BCUT2D eigenvalue weighted by molar-refractivity contribution is 0.196. The molecule has 0 aliphatic carbocycles. The Morgan fingerprint density at radius 1 is 1.21 bits per heavy atom. The number of methoxy groups -OCH3 is 1. The van der Waals surface area contributed by atoms with Gasteiger partial charge in [0.05, 0.1) is 12.3 Å². The molecule has 1 atom stereocenters. The van der Waals surface area contributed by atoms with E-state index in [9.17, 15) is 0 Å². The number of benzene rings is 1. The lowest BCUT2D eigenvalue weighted by atomic mass is 10.2. The molecular weight excluding hydrogens is 352 g/mol. The molecule has 1 aromatic carbocycles. The molecule has 1 heterocycles. The second-order valence-electron chi connectivity index (χ2n) is 6.27. The number of rotatable bonds is 10. The normalized spacial score (nSPS) is 13.1. The van der Waals surface area contributed by atoms with E-state index in [0.29, 0.717) is 18.2 Å². The molecule has 0 spiro atoms. The van der Waals surface area contributed by atoms with Gasteiger partial charge in [0.2, 0.25) is 0 Å². The molecule has 28 heavy (non-hydrogen) atoms. The van der Waals surface area contributed by atoms with Crippen LogP contribution in [0.1, 0.15) is 43.9 Å². The highest BCUT2D eigenvalue weighted by Crippen LogP contribution is 2.18. The SMILES string of the molecule is CCNNC(C)=Nc1cc(C(C)NCCOC)nc(/C=C/c2ccccc2)n1. The summed E-state index contributed by atoms with van der Waals surface area (Å²) < 4.78 is 5.11. The Morgan fingerprint density at radius 2 is 2.00 bits per heavy atom. The van der Waals surface area contributed by atoms with Gasteiger partial charge in [-0.3, -0.25) is 0 Å². The van der Waals surface area contributed by atoms with Crippen molar-refractivity contribution in [3.63, 3.8) is 0 Å². The first-order valence-corrected chi connectivity index (χ1v) is 9.51. The predicted octanol–water partition coefficient (Wildman–Crippen LogP) is 3.11. The summed E-state index contributed by atoms with van der Waals surface area (Å²) in [5, 5.41) is 3.40. The van der Waals surface area contributed by atoms with Crippen LogP contribution in [0, 0.1) is 0 Å². The van der Waals surface area contributed by atoms with E-state index in [1.54, 1.807) is 7.11 Å². The van der Waals surface area contributed by atoms with Crippen LogP contribution in [0.15, 0.2) is 41.4 Å². The van der Waals surface area contributed by atoms with Crippen molar-refractivity contribution in [2.24, 2.45) is 4.99 Å². The first-order chi connectivity index (χ1) is 13.6. The van der Waals surface area contributed by atoms with Crippen LogP contribution in [0.25, 0.3) is 12.2 Å². The number of aromatic nitrogens is 2. The fraction of sp³-hybridized carbons (Fsp3) is 0.381. The zero-order chi connectivity index (χ0) is 20.2. The van der Waals surface area contributed by atoms with E-state index >= 15 is 0 Å². The molecule has 1 unspecified atom stereocenters. The summed E-state index contributed by atoms with van der Waals surface area (Å²) in [6.07, 6.45) is 3.91. The molecule has 0 saturated heterocycles. The van der Waals surface area contributed by atoms with E-state index in [4.69, 9.17) is 9.72 Å². The molecule has 0 bridgehead atoms. The molecule has 0 fully saturated rings. The second-order valence-corrected chi connectivity index (χ2v) is 6.27. The van der Waals surface area contributed by atoms with Crippen LogP contribution in [0.3, 0.4) is 0 Å². The average Bonchev–Trinajstić information content (AvgIpc) is 2.71. The van der Waals surface area contributed by atoms with Crippen molar-refractivity contribution in [3.05, 3.63) is 53.5 Å². The number of aliphatic imine (C=N–C) groups is 1. The van der Waals surface area contributed by atoms with Gasteiger partial charge in [-0.1, -0.05) is 43.3 Å². The first kappa shape index (κ1) is 21.7. The molecule has 0 amide bonds. The summed E-state index contributed by atoms with van der Waals surface area (Å²) in [5.41, 5.74) is 8.05. The average molecular weight is 383 g/mol. The van der Waals surface area contributed by atoms with Crippen molar-refractivity contribution in [1.82, 2.24) is 26.1 Å². The third-order valence-corrected chi connectivity index (χ3v) is 3.90. The van der Waals surface area contributed by atoms with Gasteiger partial charge in [0.15, 0.2) is 11.6 Å². The van der Waals surface area contributed by atoms with Gasteiger partial charge in [0.1, 0.15) is 5.84 Å². The van der Waals surface area contributed by atoms with Gasteiger partial charge < -0.3 is 15.5 Å². The van der Waals surface area contributed by atoms with E-state index in [-0.39, 0.29) is 6.04 Å². The maximum Gasteiger partial charge on any atom is 0.158 e. The largest absolute Gasteiger partial charge is 0.383 e. The molecule has 7 heteroatoms. The maximum atomic E-state index is 5.11. The number of ether oxygens (including phenoxy) is 1. The number of nitrogens with one attached hydrogen (secondary N) is 3. The van der Waals surface area contributed by atoms with Gasteiger partial charge in [0, 0.05) is 32.3 Å². The summed E-state index contributed by atoms with van der Waals surface area (Å²) in [7, 11) is 1.69. The molecular formula is C21H30N6O. The molecule has 7 nitrogen and oxygen atoms in total. The van der Waals surface area contributed by atoms with E-state index in [0.717, 1.165) is 30.2 Å². The van der Waals surface area contributed by atoms with E-state index in [1.165, 1.54) is 0 Å². The van der Waals surface area contributed by atoms with Crippen molar-refractivity contribution in [1.29, 1.82) is 0 Å². The Labute approximate surface area is 167 Å². The minimum absolute atomic E-state index is 0.0537. The van der Waals surface area contributed by atoms with Crippen LogP contribution in [-0.4, -0.2) is 42.6 Å². The Balaban J connectivity index is 2.27. The summed E-state index contributed by atoms with van der Waals surface area (Å²) in [6, 6.07) is 12.0. The van der Waals surface area contributed by atoms with Crippen molar-refractivity contribution in [3.8, 4) is 0 Å². The van der Waals surface area contributed by atoms with Crippen LogP contribution in [-0.2, 0) is 4.74 Å². The summed E-state index contributed by atoms with van der Waals surface area (Å²) in [4.78, 5) is 13.8. The third kappa shape index (κ3) is 7.56. The molecule has 0 aliphatic rings. The monoisotopic (exact) mass is 382 g/mol. The Hall–Kier alpha value is -2.61. The zero-order valence-electron chi connectivity index (χ0n) is 17.1. The first-order valence-electron chi connectivity index (χ1n) is 9.51. The standard InChI is InChI=1S/C21H30N6O/c1-5-23-27-17(3)24-21-15-19(16(2)22-13-14-28-4)25-20(26-21)12-11-18-9-7-6-8-10-18/h6-12,15-16,22-23H,5,13-14H2,1-4H3,(H,24,25,26,27)/b12-11+. The number of amidine groups is 1. The van der Waals surface area contributed by atoms with Gasteiger partial charge in [-0.25, -0.2) is 20.4 Å². The highest BCUT2D eigenvalue weighted by Gasteiger charge is 2.10. The smallest absolute Gasteiger partial charge is 0.158 e. The van der Waals surface area contributed by atoms with E-state index < -0.39 is 0 Å². The van der Waals surface area contributed by atoms with Gasteiger partial charge in [-0.15, -0.1) is 0 Å². The van der Waals surface area contributed by atoms with Crippen molar-refractivity contribution < 1.29 is 4.74 Å². The molecule has 0 radical (unpaired) electrons. The molecule has 0 saturated carbocycles. The van der Waals surface area contributed by atoms with Crippen LogP contribution >= 0.6 is 0 Å². The topological polar surface area (TPSA) is 83.5 Å². The molecule has 2 aromatic rings. The van der Waals surface area contributed by atoms with Gasteiger partial charge in [-0.05, 0) is 25.5 Å². The molecule has 0 aliphatic heterocycles. The Kier molecular flexibility index (Phi) is 9.27. The molecule has 2 rings (SSSR count). The second kappa shape index (κ2) is 12.0. The van der Waals surface area contributed by atoms with Crippen molar-refractivity contribution >= 4 is 23.8 Å². The quantitative estimate of drug-likeness (QED) is 0.253. The highest BCUT2D eigenvalue weighted by atomic mass is 16.5. The van der Waals surface area contributed by atoms with Gasteiger partial charge in [0.25, 0.3) is 0 Å². The van der Waals surface area contributed by atoms with Crippen LogP contribution in [0.2, 0.25) is 0 Å². The van der Waals surface area contributed by atoms with Crippen molar-refractivity contribution in [2.75, 3.05) is 26.8 Å². The summed E-state index contributed by atoms with van der Waals surface area (Å²) >= 11 is 0. The van der Waals surface area contributed by atoms with E-state index in [2.05, 4.69) is 33.1 Å². The predicted molar refractivity (Wildman–Crippen MR) is 115 cm³/mol. The van der Waals surface area contributed by atoms with Gasteiger partial charge in [-0.2, -0.15) is 0 Å². The van der Waals surface area contributed by atoms with Crippen molar-refractivity contribution in [2.45, 2.75) is 26.8 Å². The highest BCUT2D eigenvalue weighted by molar-refractivity contribution is 5.81. The van der Waals surface area contributed by atoms with Crippen LogP contribution in [0.5, 0.6) is 0 Å². The zero-order valence-corrected chi connectivity index (χ0v) is 17.1. The van der Waals surface area contributed by atoms with Crippen LogP contribution in [0.4, 0.5) is 5.82 Å². The Bertz CT molecular complexity index is 776. The lowest BCUT2D eigenvalue weighted by Crippen LogP contribution is -2.35. The maximum absolute atomic E-state index is 5.11. The van der Waals surface area contributed by atoms with Crippen LogP contribution < -0.4 is 16.2 Å².